The number of carbonyl (C=O) groups is 1. The highest BCUT2D eigenvalue weighted by Crippen LogP contribution is 2.19. The Kier molecular flexibility index (Phi) is 4.45. The van der Waals surface area contributed by atoms with Gasteiger partial charge in [-0.3, -0.25) is 9.20 Å². The maximum Gasteiger partial charge on any atom is 0.246 e. The Bertz CT molecular complexity index is 701. The molecule has 0 aromatic carbocycles. The number of carbonyl (C=O) groups excluding carboxylic acids is 1. The zero-order valence-corrected chi connectivity index (χ0v) is 13.3. The summed E-state index contributed by atoms with van der Waals surface area (Å²) in [5.74, 6) is 0.0256. The Balaban J connectivity index is 1.73. The Morgan fingerprint density at radius 3 is 2.82 bits per heavy atom. The third-order valence-electron chi connectivity index (χ3n) is 4.04. The Morgan fingerprint density at radius 1 is 1.32 bits per heavy atom. The van der Waals surface area contributed by atoms with Gasteiger partial charge in [-0.1, -0.05) is 24.6 Å². The van der Waals surface area contributed by atoms with Gasteiger partial charge in [0.1, 0.15) is 5.65 Å². The zero-order valence-electron chi connectivity index (χ0n) is 12.6. The number of fused-ring (bicyclic) bond motifs is 1. The lowest BCUT2D eigenvalue weighted by molar-refractivity contribution is -0.127. The molecule has 3 heterocycles. The SMILES string of the molecule is CCN1CCN(C(=O)C=Cc2c(Cl)nc3ccccn23)CC1. The van der Waals surface area contributed by atoms with Crippen molar-refractivity contribution in [1.29, 1.82) is 0 Å². The number of hydrogen-bond donors (Lipinski definition) is 0. The van der Waals surface area contributed by atoms with E-state index in [4.69, 9.17) is 11.6 Å². The van der Waals surface area contributed by atoms with E-state index in [9.17, 15) is 4.79 Å². The van der Waals surface area contributed by atoms with Crippen LogP contribution in [0.1, 0.15) is 12.6 Å². The fourth-order valence-corrected chi connectivity index (χ4v) is 2.92. The summed E-state index contributed by atoms with van der Waals surface area (Å²) in [6, 6.07) is 5.70. The van der Waals surface area contributed by atoms with E-state index in [0.717, 1.165) is 44.1 Å². The highest BCUT2D eigenvalue weighted by molar-refractivity contribution is 6.31. The second kappa shape index (κ2) is 6.50. The van der Waals surface area contributed by atoms with E-state index in [1.807, 2.05) is 33.7 Å². The van der Waals surface area contributed by atoms with Crippen molar-refractivity contribution in [3.63, 3.8) is 0 Å². The van der Waals surface area contributed by atoms with Crippen molar-refractivity contribution >= 4 is 29.2 Å². The van der Waals surface area contributed by atoms with Crippen LogP contribution in [0.3, 0.4) is 0 Å². The third kappa shape index (κ3) is 3.00. The molecule has 2 aromatic rings. The van der Waals surface area contributed by atoms with Crippen molar-refractivity contribution in [3.05, 3.63) is 41.3 Å². The minimum absolute atomic E-state index is 0.0256. The molecule has 6 heteroatoms. The summed E-state index contributed by atoms with van der Waals surface area (Å²) in [4.78, 5) is 20.8. The molecule has 1 amide bonds. The van der Waals surface area contributed by atoms with Gasteiger partial charge in [0.05, 0.1) is 5.69 Å². The van der Waals surface area contributed by atoms with Crippen LogP contribution in [-0.4, -0.2) is 57.8 Å². The summed E-state index contributed by atoms with van der Waals surface area (Å²) >= 11 is 6.16. The molecule has 3 rings (SSSR count). The first kappa shape index (κ1) is 15.1. The molecule has 0 unspecified atom stereocenters. The lowest BCUT2D eigenvalue weighted by Gasteiger charge is -2.33. The van der Waals surface area contributed by atoms with Crippen LogP contribution in [0.2, 0.25) is 5.15 Å². The van der Waals surface area contributed by atoms with Gasteiger partial charge in [-0.2, -0.15) is 0 Å². The van der Waals surface area contributed by atoms with Gasteiger partial charge in [0, 0.05) is 38.5 Å². The highest BCUT2D eigenvalue weighted by atomic mass is 35.5. The normalized spacial score (nSPS) is 16.7. The molecule has 22 heavy (non-hydrogen) atoms. The van der Waals surface area contributed by atoms with Gasteiger partial charge >= 0.3 is 0 Å². The van der Waals surface area contributed by atoms with Crippen LogP contribution in [0.15, 0.2) is 30.5 Å². The van der Waals surface area contributed by atoms with Gasteiger partial charge in [0.2, 0.25) is 5.91 Å². The molecule has 5 nitrogen and oxygen atoms in total. The van der Waals surface area contributed by atoms with Crippen molar-refractivity contribution in [2.24, 2.45) is 0 Å². The molecule has 0 spiro atoms. The number of nitrogens with zero attached hydrogens (tertiary/aromatic N) is 4. The third-order valence-corrected chi connectivity index (χ3v) is 4.32. The number of imidazole rings is 1. The van der Waals surface area contributed by atoms with E-state index < -0.39 is 0 Å². The summed E-state index contributed by atoms with van der Waals surface area (Å²) in [6.07, 6.45) is 5.22. The van der Waals surface area contributed by atoms with Crippen molar-refractivity contribution < 1.29 is 4.79 Å². The van der Waals surface area contributed by atoms with Crippen LogP contribution < -0.4 is 0 Å². The lowest BCUT2D eigenvalue weighted by atomic mass is 10.3. The predicted octanol–water partition coefficient (Wildman–Crippen LogP) is 2.17. The Hall–Kier alpha value is -1.85. The predicted molar refractivity (Wildman–Crippen MR) is 87.9 cm³/mol. The van der Waals surface area contributed by atoms with Gasteiger partial charge in [-0.25, -0.2) is 4.98 Å². The molecule has 1 aliphatic rings. The molecule has 1 aliphatic heterocycles. The van der Waals surface area contributed by atoms with Gasteiger partial charge in [0.15, 0.2) is 5.15 Å². The Labute approximate surface area is 134 Å². The number of likely N-dealkylation sites (N-methyl/N-ethyl adjacent to an activating group) is 1. The van der Waals surface area contributed by atoms with E-state index in [1.165, 1.54) is 0 Å². The lowest BCUT2D eigenvalue weighted by Crippen LogP contribution is -2.48. The molecule has 0 atom stereocenters. The molecule has 116 valence electrons. The topological polar surface area (TPSA) is 40.8 Å². The van der Waals surface area contributed by atoms with Crippen molar-refractivity contribution in [2.45, 2.75) is 6.92 Å². The van der Waals surface area contributed by atoms with Gasteiger partial charge in [0.25, 0.3) is 0 Å². The number of hydrogen-bond acceptors (Lipinski definition) is 3. The fraction of sp³-hybridized carbons (Fsp3) is 0.375. The summed E-state index contributed by atoms with van der Waals surface area (Å²) in [7, 11) is 0. The molecular formula is C16H19ClN4O. The number of halogens is 1. The standard InChI is InChI=1S/C16H19ClN4O/c1-2-19-9-11-20(12-10-19)15(22)7-6-13-16(17)18-14-5-3-4-8-21(13)14/h3-8H,2,9-12H2,1H3. The Morgan fingerprint density at radius 2 is 2.09 bits per heavy atom. The van der Waals surface area contributed by atoms with Crippen molar-refractivity contribution in [1.82, 2.24) is 19.2 Å². The largest absolute Gasteiger partial charge is 0.337 e. The smallest absolute Gasteiger partial charge is 0.246 e. The monoisotopic (exact) mass is 318 g/mol. The molecular weight excluding hydrogens is 300 g/mol. The van der Waals surface area contributed by atoms with Gasteiger partial charge in [-0.15, -0.1) is 0 Å². The highest BCUT2D eigenvalue weighted by Gasteiger charge is 2.18. The number of amides is 1. The van der Waals surface area contributed by atoms with Crippen molar-refractivity contribution in [2.75, 3.05) is 32.7 Å². The van der Waals surface area contributed by atoms with E-state index in [2.05, 4.69) is 16.8 Å². The first-order chi connectivity index (χ1) is 10.7. The van der Waals surface area contributed by atoms with Crippen molar-refractivity contribution in [3.8, 4) is 0 Å². The molecule has 0 N–H and O–H groups in total. The molecule has 0 bridgehead atoms. The van der Waals surface area contributed by atoms with E-state index in [1.54, 1.807) is 12.2 Å². The second-order valence-corrected chi connectivity index (χ2v) is 5.67. The van der Waals surface area contributed by atoms with E-state index in [-0.39, 0.29) is 5.91 Å². The maximum atomic E-state index is 12.3. The summed E-state index contributed by atoms with van der Waals surface area (Å²) < 4.78 is 1.88. The minimum Gasteiger partial charge on any atom is -0.337 e. The molecule has 2 aromatic heterocycles. The number of rotatable bonds is 3. The van der Waals surface area contributed by atoms with Crippen LogP contribution in [0.5, 0.6) is 0 Å². The first-order valence-corrected chi connectivity index (χ1v) is 7.88. The van der Waals surface area contributed by atoms with Crippen LogP contribution in [0.4, 0.5) is 0 Å². The number of aromatic nitrogens is 2. The average Bonchev–Trinajstić information content (AvgIpc) is 2.88. The summed E-state index contributed by atoms with van der Waals surface area (Å²) in [5.41, 5.74) is 1.51. The molecule has 0 aliphatic carbocycles. The maximum absolute atomic E-state index is 12.3. The molecule has 1 saturated heterocycles. The minimum atomic E-state index is 0.0256. The first-order valence-electron chi connectivity index (χ1n) is 7.51. The van der Waals surface area contributed by atoms with Gasteiger partial charge in [-0.05, 0) is 24.8 Å². The van der Waals surface area contributed by atoms with Crippen LogP contribution in [-0.2, 0) is 4.79 Å². The summed E-state index contributed by atoms with van der Waals surface area (Å²) in [6.45, 7) is 6.61. The second-order valence-electron chi connectivity index (χ2n) is 5.31. The van der Waals surface area contributed by atoms with E-state index in [0.29, 0.717) is 5.15 Å². The average molecular weight is 319 g/mol. The van der Waals surface area contributed by atoms with Gasteiger partial charge < -0.3 is 9.80 Å². The molecule has 1 fully saturated rings. The zero-order chi connectivity index (χ0) is 15.5. The number of pyridine rings is 1. The number of piperazine rings is 1. The summed E-state index contributed by atoms with van der Waals surface area (Å²) in [5, 5.41) is 0.408. The van der Waals surface area contributed by atoms with E-state index >= 15 is 0 Å². The molecule has 0 radical (unpaired) electrons. The van der Waals surface area contributed by atoms with Crippen LogP contribution >= 0.6 is 11.6 Å². The van der Waals surface area contributed by atoms with Crippen LogP contribution in [0.25, 0.3) is 11.7 Å². The van der Waals surface area contributed by atoms with Crippen LogP contribution in [0, 0.1) is 0 Å². The molecule has 0 saturated carbocycles. The fourth-order valence-electron chi connectivity index (χ4n) is 2.68. The quantitative estimate of drug-likeness (QED) is 0.814.